The zero-order chi connectivity index (χ0) is 18.5. The number of amides is 1. The van der Waals surface area contributed by atoms with E-state index in [2.05, 4.69) is 10.4 Å². The second-order valence-corrected chi connectivity index (χ2v) is 6.86. The van der Waals surface area contributed by atoms with Gasteiger partial charge in [0.15, 0.2) is 0 Å². The second-order valence-electron chi connectivity index (χ2n) is 5.91. The molecule has 3 rings (SSSR count). The predicted octanol–water partition coefficient (Wildman–Crippen LogP) is 2.47. The molecule has 26 heavy (non-hydrogen) atoms. The molecule has 0 saturated carbocycles. The van der Waals surface area contributed by atoms with Crippen LogP contribution in [0.15, 0.2) is 58.7 Å². The van der Waals surface area contributed by atoms with Crippen LogP contribution in [-0.2, 0) is 11.2 Å². The van der Waals surface area contributed by atoms with Gasteiger partial charge in [-0.25, -0.2) is 4.68 Å². The third-order valence-corrected chi connectivity index (χ3v) is 4.93. The molecule has 0 fully saturated rings. The molecule has 1 amide bonds. The molecule has 7 heteroatoms. The van der Waals surface area contributed by atoms with E-state index in [1.54, 1.807) is 13.0 Å². The zero-order valence-electron chi connectivity index (χ0n) is 14.4. The summed E-state index contributed by atoms with van der Waals surface area (Å²) in [6.45, 7) is 2.13. The Hall–Kier alpha value is -2.93. The molecule has 0 spiro atoms. The summed E-state index contributed by atoms with van der Waals surface area (Å²) in [5, 5.41) is 9.11. The van der Waals surface area contributed by atoms with Crippen molar-refractivity contribution in [3.63, 3.8) is 0 Å². The lowest BCUT2D eigenvalue weighted by Crippen LogP contribution is -2.38. The first-order chi connectivity index (χ1) is 12.6. The van der Waals surface area contributed by atoms with E-state index < -0.39 is 11.6 Å². The van der Waals surface area contributed by atoms with E-state index in [4.69, 9.17) is 5.73 Å². The van der Waals surface area contributed by atoms with Gasteiger partial charge in [-0.2, -0.15) is 5.10 Å². The van der Waals surface area contributed by atoms with E-state index in [-0.39, 0.29) is 11.6 Å². The Bertz CT molecular complexity index is 936. The van der Waals surface area contributed by atoms with Gasteiger partial charge in [0.25, 0.3) is 5.56 Å². The standard InChI is InChI=1S/C19H20N4O2S/c1-13(18(24)21-10-9-14-6-3-2-4-7-14)23-19(25)15(20)12-16(22-23)17-8-5-11-26-17/h2-8,11-13H,9-10,20H2,1H3,(H,21,24)/t13-/m1/s1. The summed E-state index contributed by atoms with van der Waals surface area (Å²) in [7, 11) is 0. The predicted molar refractivity (Wildman–Crippen MR) is 104 cm³/mol. The molecule has 0 radical (unpaired) electrons. The van der Waals surface area contributed by atoms with Crippen LogP contribution in [0.1, 0.15) is 18.5 Å². The molecule has 3 aromatic rings. The first-order valence-corrected chi connectivity index (χ1v) is 9.19. The summed E-state index contributed by atoms with van der Waals surface area (Å²) in [4.78, 5) is 25.7. The van der Waals surface area contributed by atoms with Crippen molar-refractivity contribution in [1.82, 2.24) is 15.1 Å². The van der Waals surface area contributed by atoms with E-state index in [1.165, 1.54) is 11.3 Å². The van der Waals surface area contributed by atoms with E-state index in [0.29, 0.717) is 12.2 Å². The van der Waals surface area contributed by atoms with Crippen LogP contribution in [0.2, 0.25) is 0 Å². The maximum atomic E-state index is 12.4. The fourth-order valence-corrected chi connectivity index (χ4v) is 3.25. The van der Waals surface area contributed by atoms with Crippen molar-refractivity contribution < 1.29 is 4.79 Å². The van der Waals surface area contributed by atoms with Crippen LogP contribution in [-0.4, -0.2) is 22.2 Å². The maximum Gasteiger partial charge on any atom is 0.290 e. The lowest BCUT2D eigenvalue weighted by atomic mass is 10.1. The van der Waals surface area contributed by atoms with E-state index in [0.717, 1.165) is 21.5 Å². The first kappa shape index (κ1) is 17.9. The number of rotatable bonds is 6. The van der Waals surface area contributed by atoms with Gasteiger partial charge >= 0.3 is 0 Å². The molecule has 3 N–H and O–H groups in total. The molecular weight excluding hydrogens is 348 g/mol. The van der Waals surface area contributed by atoms with Crippen molar-refractivity contribution in [3.8, 4) is 10.6 Å². The number of hydrogen-bond acceptors (Lipinski definition) is 5. The molecule has 0 aliphatic heterocycles. The largest absolute Gasteiger partial charge is 0.394 e. The molecule has 1 aromatic carbocycles. The second kappa shape index (κ2) is 7.97. The quantitative estimate of drug-likeness (QED) is 0.699. The Morgan fingerprint density at radius 1 is 1.27 bits per heavy atom. The number of carbonyl (C=O) groups is 1. The van der Waals surface area contributed by atoms with Crippen molar-refractivity contribution in [2.24, 2.45) is 0 Å². The number of nitrogens with two attached hydrogens (primary N) is 1. The number of benzene rings is 1. The normalized spacial score (nSPS) is 11.9. The maximum absolute atomic E-state index is 12.4. The highest BCUT2D eigenvalue weighted by molar-refractivity contribution is 7.13. The van der Waals surface area contributed by atoms with Gasteiger partial charge in [-0.05, 0) is 36.4 Å². The van der Waals surface area contributed by atoms with Gasteiger partial charge in [0.05, 0.1) is 4.88 Å². The molecule has 0 aliphatic rings. The molecule has 134 valence electrons. The Labute approximate surface area is 155 Å². The average molecular weight is 368 g/mol. The number of aromatic nitrogens is 2. The van der Waals surface area contributed by atoms with Gasteiger partial charge in [-0.15, -0.1) is 11.3 Å². The minimum absolute atomic E-state index is 0.0762. The lowest BCUT2D eigenvalue weighted by molar-refractivity contribution is -0.124. The highest BCUT2D eigenvalue weighted by Gasteiger charge is 2.19. The Morgan fingerprint density at radius 3 is 2.73 bits per heavy atom. The van der Waals surface area contributed by atoms with Crippen LogP contribution in [0.4, 0.5) is 5.69 Å². The summed E-state index contributed by atoms with van der Waals surface area (Å²) >= 11 is 1.50. The number of anilines is 1. The number of thiophene rings is 1. The van der Waals surface area contributed by atoms with Gasteiger partial charge in [-0.1, -0.05) is 36.4 Å². The molecule has 0 aliphatic carbocycles. The minimum Gasteiger partial charge on any atom is -0.394 e. The van der Waals surface area contributed by atoms with Crippen LogP contribution < -0.4 is 16.6 Å². The summed E-state index contributed by atoms with van der Waals surface area (Å²) in [5.74, 6) is -0.265. The zero-order valence-corrected chi connectivity index (χ0v) is 15.2. The average Bonchev–Trinajstić information content (AvgIpc) is 3.19. The number of nitrogens with zero attached hydrogens (tertiary/aromatic N) is 2. The molecule has 2 aromatic heterocycles. The minimum atomic E-state index is -0.750. The third-order valence-electron chi connectivity index (χ3n) is 4.04. The molecule has 0 unspecified atom stereocenters. The highest BCUT2D eigenvalue weighted by atomic mass is 32.1. The van der Waals surface area contributed by atoms with E-state index >= 15 is 0 Å². The highest BCUT2D eigenvalue weighted by Crippen LogP contribution is 2.23. The topological polar surface area (TPSA) is 90.0 Å². The van der Waals surface area contributed by atoms with Crippen LogP contribution in [0.5, 0.6) is 0 Å². The van der Waals surface area contributed by atoms with Crippen molar-refractivity contribution in [2.75, 3.05) is 12.3 Å². The van der Waals surface area contributed by atoms with Gasteiger partial charge in [0, 0.05) is 6.54 Å². The molecule has 0 bridgehead atoms. The van der Waals surface area contributed by atoms with Crippen LogP contribution in [0, 0.1) is 0 Å². The molecular formula is C19H20N4O2S. The summed E-state index contributed by atoms with van der Waals surface area (Å²) < 4.78 is 1.15. The number of nitrogen functional groups attached to an aromatic ring is 1. The van der Waals surface area contributed by atoms with Crippen molar-refractivity contribution in [2.45, 2.75) is 19.4 Å². The van der Waals surface area contributed by atoms with Crippen LogP contribution in [0.25, 0.3) is 10.6 Å². The first-order valence-electron chi connectivity index (χ1n) is 8.31. The van der Waals surface area contributed by atoms with E-state index in [9.17, 15) is 9.59 Å². The fourth-order valence-electron chi connectivity index (χ4n) is 2.57. The molecule has 0 saturated heterocycles. The Morgan fingerprint density at radius 2 is 2.04 bits per heavy atom. The number of nitrogens with one attached hydrogen (secondary N) is 1. The smallest absolute Gasteiger partial charge is 0.290 e. The van der Waals surface area contributed by atoms with Gasteiger partial charge in [0.1, 0.15) is 17.4 Å². The van der Waals surface area contributed by atoms with Crippen LogP contribution >= 0.6 is 11.3 Å². The molecule has 1 atom stereocenters. The molecule has 2 heterocycles. The SMILES string of the molecule is C[C@H](C(=O)NCCc1ccccc1)n1nc(-c2cccs2)cc(N)c1=O. The van der Waals surface area contributed by atoms with Gasteiger partial charge in [-0.3, -0.25) is 9.59 Å². The van der Waals surface area contributed by atoms with Crippen molar-refractivity contribution in [3.05, 3.63) is 69.8 Å². The summed E-state index contributed by atoms with van der Waals surface area (Å²) in [6.07, 6.45) is 0.721. The number of hydrogen-bond donors (Lipinski definition) is 2. The Kier molecular flexibility index (Phi) is 5.48. The molecule has 6 nitrogen and oxygen atoms in total. The fraction of sp³-hybridized carbons (Fsp3) is 0.211. The van der Waals surface area contributed by atoms with E-state index in [1.807, 2.05) is 47.8 Å². The monoisotopic (exact) mass is 368 g/mol. The summed E-state index contributed by atoms with van der Waals surface area (Å²) in [6, 6.07) is 14.5. The third kappa shape index (κ3) is 4.00. The van der Waals surface area contributed by atoms with Crippen molar-refractivity contribution >= 4 is 22.9 Å². The number of carbonyl (C=O) groups excluding carboxylic acids is 1. The van der Waals surface area contributed by atoms with Gasteiger partial charge < -0.3 is 11.1 Å². The van der Waals surface area contributed by atoms with Gasteiger partial charge in [0.2, 0.25) is 5.91 Å². The van der Waals surface area contributed by atoms with Crippen molar-refractivity contribution in [1.29, 1.82) is 0 Å². The lowest BCUT2D eigenvalue weighted by Gasteiger charge is -2.15. The summed E-state index contributed by atoms with van der Waals surface area (Å²) in [5.41, 5.74) is 7.18. The van der Waals surface area contributed by atoms with Crippen LogP contribution in [0.3, 0.4) is 0 Å². The Balaban J connectivity index is 1.73.